The van der Waals surface area contributed by atoms with Crippen molar-refractivity contribution in [3.8, 4) is 17.7 Å². The van der Waals surface area contributed by atoms with Gasteiger partial charge in [0.2, 0.25) is 17.5 Å². The molecule has 0 spiro atoms. The number of nitrogens with one attached hydrogen (secondary N) is 1. The maximum Gasteiger partial charge on any atom is 0.337 e. The fourth-order valence-corrected chi connectivity index (χ4v) is 5.34. The van der Waals surface area contributed by atoms with Gasteiger partial charge in [-0.15, -0.1) is 0 Å². The number of amides is 1. The first-order valence-electron chi connectivity index (χ1n) is 12.3. The summed E-state index contributed by atoms with van der Waals surface area (Å²) < 4.78 is 16.1. The van der Waals surface area contributed by atoms with Crippen LogP contribution in [0.25, 0.3) is 22.6 Å². The van der Waals surface area contributed by atoms with Gasteiger partial charge in [0.05, 0.1) is 18.9 Å². The van der Waals surface area contributed by atoms with Crippen LogP contribution >= 0.6 is 0 Å². The second-order valence-electron chi connectivity index (χ2n) is 9.37. The van der Waals surface area contributed by atoms with E-state index in [0.717, 1.165) is 28.6 Å². The van der Waals surface area contributed by atoms with E-state index in [1.54, 1.807) is 18.2 Å². The molecule has 1 N–H and O–H groups in total. The van der Waals surface area contributed by atoms with Gasteiger partial charge >= 0.3 is 5.97 Å². The molecule has 2 aliphatic rings. The van der Waals surface area contributed by atoms with Crippen LogP contribution < -0.4 is 4.90 Å². The molecule has 6 rings (SSSR count). The Morgan fingerprint density at radius 1 is 1.22 bits per heavy atom. The zero-order valence-corrected chi connectivity index (χ0v) is 20.3. The minimum absolute atomic E-state index is 0.105. The minimum atomic E-state index is -0.380. The van der Waals surface area contributed by atoms with Gasteiger partial charge in [0.1, 0.15) is 6.07 Å². The maximum absolute atomic E-state index is 13.5. The molecule has 188 valence electrons. The van der Waals surface area contributed by atoms with Gasteiger partial charge in [-0.25, -0.2) is 4.79 Å². The van der Waals surface area contributed by atoms with Crippen molar-refractivity contribution in [1.82, 2.24) is 14.9 Å². The lowest BCUT2D eigenvalue weighted by molar-refractivity contribution is -0.137. The topological polar surface area (TPSA) is 129 Å². The number of anilines is 1. The molecule has 1 amide bonds. The number of H-pyrrole nitrogens is 1. The second kappa shape index (κ2) is 9.17. The number of ether oxygens (including phenoxy) is 1. The van der Waals surface area contributed by atoms with Gasteiger partial charge in [0.15, 0.2) is 5.76 Å². The summed E-state index contributed by atoms with van der Waals surface area (Å²) in [7, 11) is 1.37. The van der Waals surface area contributed by atoms with Gasteiger partial charge < -0.3 is 28.4 Å². The summed E-state index contributed by atoms with van der Waals surface area (Å²) in [6, 6.07) is 11.0. The normalized spacial score (nSPS) is 16.0. The summed E-state index contributed by atoms with van der Waals surface area (Å²) in [4.78, 5) is 37.1. The van der Waals surface area contributed by atoms with Gasteiger partial charge in [0.25, 0.3) is 5.89 Å². The zero-order valence-electron chi connectivity index (χ0n) is 20.3. The Kier molecular flexibility index (Phi) is 5.68. The van der Waals surface area contributed by atoms with Crippen molar-refractivity contribution < 1.29 is 23.2 Å². The number of aromatic nitrogens is 2. The van der Waals surface area contributed by atoms with E-state index < -0.39 is 0 Å². The van der Waals surface area contributed by atoms with Crippen molar-refractivity contribution >= 4 is 28.7 Å². The number of benzene rings is 1. The summed E-state index contributed by atoms with van der Waals surface area (Å²) in [6.07, 6.45) is 3.58. The fourth-order valence-electron chi connectivity index (χ4n) is 5.34. The number of oxazole rings is 1. The molecule has 5 heterocycles. The van der Waals surface area contributed by atoms with Crippen molar-refractivity contribution in [3.63, 3.8) is 0 Å². The molecule has 37 heavy (non-hydrogen) atoms. The number of piperidine rings is 1. The highest BCUT2D eigenvalue weighted by molar-refractivity contribution is 5.96. The van der Waals surface area contributed by atoms with Gasteiger partial charge in [-0.3, -0.25) is 4.79 Å². The zero-order chi connectivity index (χ0) is 25.5. The van der Waals surface area contributed by atoms with Crippen LogP contribution in [0.1, 0.15) is 40.2 Å². The van der Waals surface area contributed by atoms with Crippen LogP contribution in [0.15, 0.2) is 45.4 Å². The number of esters is 1. The number of hydrogen-bond donors (Lipinski definition) is 1. The van der Waals surface area contributed by atoms with Crippen LogP contribution in [0.4, 0.5) is 5.88 Å². The molecule has 3 aromatic heterocycles. The summed E-state index contributed by atoms with van der Waals surface area (Å²) in [6.45, 7) is 2.33. The van der Waals surface area contributed by atoms with E-state index in [0.29, 0.717) is 56.2 Å². The van der Waals surface area contributed by atoms with E-state index >= 15 is 0 Å². The number of methoxy groups -OCH3 is 1. The van der Waals surface area contributed by atoms with Crippen LogP contribution in [0.3, 0.4) is 0 Å². The van der Waals surface area contributed by atoms with E-state index in [4.69, 9.17) is 13.6 Å². The Balaban J connectivity index is 1.15. The first-order chi connectivity index (χ1) is 18.1. The molecule has 0 saturated carbocycles. The third-order valence-electron chi connectivity index (χ3n) is 7.29. The largest absolute Gasteiger partial charge is 0.465 e. The highest BCUT2D eigenvalue weighted by Crippen LogP contribution is 2.33. The third-order valence-corrected chi connectivity index (χ3v) is 7.29. The lowest BCUT2D eigenvalue weighted by Crippen LogP contribution is -2.44. The lowest BCUT2D eigenvalue weighted by Gasteiger charge is -2.35. The Labute approximate surface area is 212 Å². The standard InChI is InChI=1S/C27H25N5O5/c1-35-27(34)17-4-5-20-18(13-17)19-15-32(11-8-21(19)29-20)25(33)16-6-9-31(10-7-16)26-22(14-28)30-24(37-26)23-3-2-12-36-23/h2-5,12-13,16,29H,6-11,15H2,1H3. The van der Waals surface area contributed by atoms with Gasteiger partial charge in [-0.05, 0) is 43.2 Å². The number of fused-ring (bicyclic) bond motifs is 3. The van der Waals surface area contributed by atoms with Crippen molar-refractivity contribution in [1.29, 1.82) is 5.26 Å². The number of aromatic amines is 1. The number of furan rings is 1. The van der Waals surface area contributed by atoms with E-state index in [1.807, 2.05) is 21.9 Å². The van der Waals surface area contributed by atoms with E-state index in [9.17, 15) is 14.9 Å². The average Bonchev–Trinajstić information content (AvgIpc) is 3.70. The van der Waals surface area contributed by atoms with Crippen LogP contribution in [0.2, 0.25) is 0 Å². The number of hydrogen-bond acceptors (Lipinski definition) is 8. The molecular weight excluding hydrogens is 474 g/mol. The molecule has 10 heteroatoms. The summed E-state index contributed by atoms with van der Waals surface area (Å²) in [5.74, 6) is 0.809. The highest BCUT2D eigenvalue weighted by atomic mass is 16.5. The molecule has 0 radical (unpaired) electrons. The average molecular weight is 500 g/mol. The van der Waals surface area contributed by atoms with Gasteiger partial charge in [-0.2, -0.15) is 10.2 Å². The van der Waals surface area contributed by atoms with Crippen molar-refractivity contribution in [2.45, 2.75) is 25.8 Å². The first kappa shape index (κ1) is 22.9. The van der Waals surface area contributed by atoms with Crippen LogP contribution in [0, 0.1) is 17.2 Å². The van der Waals surface area contributed by atoms with E-state index in [-0.39, 0.29) is 29.4 Å². The highest BCUT2D eigenvalue weighted by Gasteiger charge is 2.33. The SMILES string of the molecule is COC(=O)c1ccc2[nH]c3c(c2c1)CN(C(=O)C1CCN(c2oc(-c4ccco4)nc2C#N)CC1)CC3. The molecule has 4 aromatic rings. The summed E-state index contributed by atoms with van der Waals surface area (Å²) in [5.41, 5.74) is 3.83. The van der Waals surface area contributed by atoms with Gasteiger partial charge in [-0.1, -0.05) is 0 Å². The number of rotatable bonds is 4. The van der Waals surface area contributed by atoms with Crippen molar-refractivity contribution in [2.75, 3.05) is 31.6 Å². The number of nitriles is 1. The number of carbonyl (C=O) groups excluding carboxylic acids is 2. The molecule has 2 aliphatic heterocycles. The lowest BCUT2D eigenvalue weighted by atomic mass is 9.93. The van der Waals surface area contributed by atoms with Crippen LogP contribution in [-0.2, 0) is 22.5 Å². The predicted octanol–water partition coefficient (Wildman–Crippen LogP) is 3.88. The first-order valence-corrected chi connectivity index (χ1v) is 12.3. The number of carbonyl (C=O) groups is 2. The third kappa shape index (κ3) is 4.02. The quantitative estimate of drug-likeness (QED) is 0.419. The Hall–Kier alpha value is -4.52. The van der Waals surface area contributed by atoms with E-state index in [1.165, 1.54) is 13.4 Å². The van der Waals surface area contributed by atoms with Crippen molar-refractivity contribution in [2.24, 2.45) is 5.92 Å². The minimum Gasteiger partial charge on any atom is -0.465 e. The second-order valence-corrected chi connectivity index (χ2v) is 9.37. The molecule has 1 aromatic carbocycles. The predicted molar refractivity (Wildman–Crippen MR) is 133 cm³/mol. The number of nitrogens with zero attached hydrogens (tertiary/aromatic N) is 4. The molecular formula is C27H25N5O5. The molecule has 1 fully saturated rings. The Bertz CT molecular complexity index is 1520. The fraction of sp³-hybridized carbons (Fsp3) is 0.333. The van der Waals surface area contributed by atoms with Gasteiger partial charge in [0, 0.05) is 60.7 Å². The molecule has 0 bridgehead atoms. The maximum atomic E-state index is 13.5. The Morgan fingerprint density at radius 3 is 2.78 bits per heavy atom. The summed E-state index contributed by atoms with van der Waals surface area (Å²) >= 11 is 0. The molecule has 0 atom stereocenters. The van der Waals surface area contributed by atoms with E-state index in [2.05, 4.69) is 16.0 Å². The summed E-state index contributed by atoms with van der Waals surface area (Å²) in [5, 5.41) is 10.5. The molecule has 0 aliphatic carbocycles. The monoisotopic (exact) mass is 499 g/mol. The molecule has 0 unspecified atom stereocenters. The van der Waals surface area contributed by atoms with Crippen LogP contribution in [-0.4, -0.2) is 53.5 Å². The van der Waals surface area contributed by atoms with Crippen molar-refractivity contribution in [3.05, 3.63) is 59.1 Å². The van der Waals surface area contributed by atoms with Crippen LogP contribution in [0.5, 0.6) is 0 Å². The Morgan fingerprint density at radius 2 is 2.05 bits per heavy atom. The smallest absolute Gasteiger partial charge is 0.337 e. The molecule has 1 saturated heterocycles. The molecule has 10 nitrogen and oxygen atoms in total.